The van der Waals surface area contributed by atoms with Crippen LogP contribution in [0.1, 0.15) is 0 Å². The average Bonchev–Trinajstić information content (AvgIpc) is 2.67. The normalized spacial score (nSPS) is 10.8. The van der Waals surface area contributed by atoms with Crippen molar-refractivity contribution in [3.63, 3.8) is 0 Å². The predicted octanol–water partition coefficient (Wildman–Crippen LogP) is 3.94. The molecule has 0 amide bonds. The van der Waals surface area contributed by atoms with E-state index in [2.05, 4.69) is 20.3 Å². The summed E-state index contributed by atoms with van der Waals surface area (Å²) in [5, 5.41) is 6.39. The van der Waals surface area contributed by atoms with Gasteiger partial charge < -0.3 is 14.8 Å². The van der Waals surface area contributed by atoms with Crippen LogP contribution < -0.4 is 14.8 Å². The predicted molar refractivity (Wildman–Crippen MR) is 97.7 cm³/mol. The first-order valence-corrected chi connectivity index (χ1v) is 7.76. The molecule has 2 aromatic carbocycles. The van der Waals surface area contributed by atoms with Crippen LogP contribution in [0.3, 0.4) is 0 Å². The van der Waals surface area contributed by atoms with Crippen LogP contribution in [-0.2, 0) is 0 Å². The van der Waals surface area contributed by atoms with Gasteiger partial charge in [-0.25, -0.2) is 9.97 Å². The summed E-state index contributed by atoms with van der Waals surface area (Å²) in [6.07, 6.45) is 5.15. The van der Waals surface area contributed by atoms with Gasteiger partial charge in [0.15, 0.2) is 11.5 Å². The Bertz CT molecular complexity index is 1060. The third-order valence-electron chi connectivity index (χ3n) is 4.07. The van der Waals surface area contributed by atoms with Gasteiger partial charge in [0.2, 0.25) is 0 Å². The molecular weight excluding hydrogens is 316 g/mol. The number of hydrogen-bond donors (Lipinski definition) is 1. The molecule has 4 rings (SSSR count). The number of anilines is 2. The van der Waals surface area contributed by atoms with E-state index in [0.29, 0.717) is 17.3 Å². The molecule has 0 spiro atoms. The summed E-state index contributed by atoms with van der Waals surface area (Å²) in [6.45, 7) is 0. The minimum absolute atomic E-state index is 0.634. The lowest BCUT2D eigenvalue weighted by Crippen LogP contribution is -1.98. The second-order valence-corrected chi connectivity index (χ2v) is 5.47. The molecule has 0 aliphatic rings. The van der Waals surface area contributed by atoms with Crippen LogP contribution in [0.15, 0.2) is 55.1 Å². The molecule has 6 heteroatoms. The number of nitrogens with zero attached hydrogens (tertiary/aromatic N) is 3. The minimum atomic E-state index is 0.634. The first kappa shape index (κ1) is 15.1. The van der Waals surface area contributed by atoms with Gasteiger partial charge in [-0.2, -0.15) is 0 Å². The summed E-state index contributed by atoms with van der Waals surface area (Å²) < 4.78 is 10.8. The Morgan fingerprint density at radius 2 is 1.76 bits per heavy atom. The van der Waals surface area contributed by atoms with Gasteiger partial charge in [-0.3, -0.25) is 4.98 Å². The maximum Gasteiger partial charge on any atom is 0.162 e. The highest BCUT2D eigenvalue weighted by molar-refractivity contribution is 5.98. The first-order valence-electron chi connectivity index (χ1n) is 7.76. The first-order chi connectivity index (χ1) is 12.3. The molecule has 0 unspecified atom stereocenters. The van der Waals surface area contributed by atoms with E-state index in [-0.39, 0.29) is 0 Å². The van der Waals surface area contributed by atoms with E-state index in [1.807, 2.05) is 42.6 Å². The summed E-state index contributed by atoms with van der Waals surface area (Å²) in [5.41, 5.74) is 1.73. The number of methoxy groups -OCH3 is 2. The summed E-state index contributed by atoms with van der Waals surface area (Å²) in [6, 6.07) is 11.7. The molecule has 124 valence electrons. The molecule has 6 nitrogen and oxygen atoms in total. The molecule has 4 aromatic rings. The van der Waals surface area contributed by atoms with E-state index in [0.717, 1.165) is 27.4 Å². The standard InChI is InChI=1S/C19H16N4O2/c1-24-17-8-14-16(9-18(17)25-2)21-11-22-19(14)23-15-5-3-4-12-10-20-7-6-13(12)15/h3-11H,1-2H3,(H,21,22,23). The van der Waals surface area contributed by atoms with E-state index < -0.39 is 0 Å². The molecule has 0 aliphatic carbocycles. The number of rotatable bonds is 4. The highest BCUT2D eigenvalue weighted by Gasteiger charge is 2.11. The smallest absolute Gasteiger partial charge is 0.162 e. The highest BCUT2D eigenvalue weighted by atomic mass is 16.5. The average molecular weight is 332 g/mol. The van der Waals surface area contributed by atoms with Crippen molar-refractivity contribution in [2.75, 3.05) is 19.5 Å². The molecule has 1 N–H and O–H groups in total. The van der Waals surface area contributed by atoms with Gasteiger partial charge in [0.05, 0.1) is 19.7 Å². The topological polar surface area (TPSA) is 69.2 Å². The minimum Gasteiger partial charge on any atom is -0.493 e. The summed E-state index contributed by atoms with van der Waals surface area (Å²) in [4.78, 5) is 12.9. The zero-order valence-corrected chi connectivity index (χ0v) is 13.9. The molecule has 2 heterocycles. The van der Waals surface area contributed by atoms with Gasteiger partial charge >= 0.3 is 0 Å². The van der Waals surface area contributed by atoms with Crippen LogP contribution in [-0.4, -0.2) is 29.2 Å². The number of nitrogens with one attached hydrogen (secondary N) is 1. The number of benzene rings is 2. The van der Waals surface area contributed by atoms with Crippen molar-refractivity contribution in [2.24, 2.45) is 0 Å². The number of hydrogen-bond acceptors (Lipinski definition) is 6. The SMILES string of the molecule is COc1cc2ncnc(Nc3cccc4cnccc34)c2cc1OC. The van der Waals surface area contributed by atoms with Crippen molar-refractivity contribution in [2.45, 2.75) is 0 Å². The van der Waals surface area contributed by atoms with Gasteiger partial charge in [-0.1, -0.05) is 12.1 Å². The lowest BCUT2D eigenvalue weighted by atomic mass is 10.1. The molecular formula is C19H16N4O2. The quantitative estimate of drug-likeness (QED) is 0.610. The number of pyridine rings is 1. The van der Waals surface area contributed by atoms with Gasteiger partial charge in [0.25, 0.3) is 0 Å². The van der Waals surface area contributed by atoms with Crippen molar-refractivity contribution in [3.05, 3.63) is 55.1 Å². The molecule has 0 aliphatic heterocycles. The van der Waals surface area contributed by atoms with Crippen molar-refractivity contribution in [1.82, 2.24) is 15.0 Å². The monoisotopic (exact) mass is 332 g/mol. The van der Waals surface area contributed by atoms with Crippen molar-refractivity contribution < 1.29 is 9.47 Å². The molecule has 0 saturated carbocycles. The van der Waals surface area contributed by atoms with Crippen LogP contribution in [0.4, 0.5) is 11.5 Å². The van der Waals surface area contributed by atoms with E-state index in [1.165, 1.54) is 6.33 Å². The second-order valence-electron chi connectivity index (χ2n) is 5.47. The van der Waals surface area contributed by atoms with Gasteiger partial charge in [-0.15, -0.1) is 0 Å². The Hall–Kier alpha value is -3.41. The van der Waals surface area contributed by atoms with Gasteiger partial charge in [0, 0.05) is 40.3 Å². The van der Waals surface area contributed by atoms with Crippen LogP contribution in [0.25, 0.3) is 21.7 Å². The third-order valence-corrected chi connectivity index (χ3v) is 4.07. The molecule has 0 fully saturated rings. The van der Waals surface area contributed by atoms with E-state index in [4.69, 9.17) is 9.47 Å². The van der Waals surface area contributed by atoms with Crippen molar-refractivity contribution >= 4 is 33.2 Å². The maximum atomic E-state index is 5.40. The van der Waals surface area contributed by atoms with Crippen LogP contribution in [0, 0.1) is 0 Å². The summed E-state index contributed by atoms with van der Waals surface area (Å²) in [7, 11) is 3.21. The van der Waals surface area contributed by atoms with Crippen LogP contribution >= 0.6 is 0 Å². The lowest BCUT2D eigenvalue weighted by Gasteiger charge is -2.13. The largest absolute Gasteiger partial charge is 0.493 e. The second kappa shape index (κ2) is 6.24. The molecule has 2 aromatic heterocycles. The number of fused-ring (bicyclic) bond motifs is 2. The molecule has 0 radical (unpaired) electrons. The Morgan fingerprint density at radius 1 is 0.920 bits per heavy atom. The Labute approximate surface area is 144 Å². The fraction of sp³-hybridized carbons (Fsp3) is 0.105. The van der Waals surface area contributed by atoms with Crippen LogP contribution in [0.5, 0.6) is 11.5 Å². The molecule has 0 bridgehead atoms. The summed E-state index contributed by atoms with van der Waals surface area (Å²) >= 11 is 0. The molecule has 0 atom stereocenters. The fourth-order valence-corrected chi connectivity index (χ4v) is 2.84. The lowest BCUT2D eigenvalue weighted by molar-refractivity contribution is 0.356. The fourth-order valence-electron chi connectivity index (χ4n) is 2.84. The number of aromatic nitrogens is 3. The Kier molecular flexibility index (Phi) is 3.78. The zero-order chi connectivity index (χ0) is 17.2. The highest BCUT2D eigenvalue weighted by Crippen LogP contribution is 2.35. The molecule has 0 saturated heterocycles. The molecule has 25 heavy (non-hydrogen) atoms. The van der Waals surface area contributed by atoms with Crippen molar-refractivity contribution in [3.8, 4) is 11.5 Å². The number of ether oxygens (including phenoxy) is 2. The van der Waals surface area contributed by atoms with Gasteiger partial charge in [0.1, 0.15) is 12.1 Å². The van der Waals surface area contributed by atoms with Crippen LogP contribution in [0.2, 0.25) is 0 Å². The van der Waals surface area contributed by atoms with Gasteiger partial charge in [-0.05, 0) is 18.2 Å². The Morgan fingerprint density at radius 3 is 2.60 bits per heavy atom. The third kappa shape index (κ3) is 2.67. The maximum absolute atomic E-state index is 5.40. The Balaban J connectivity index is 1.86. The van der Waals surface area contributed by atoms with E-state index in [1.54, 1.807) is 20.4 Å². The van der Waals surface area contributed by atoms with E-state index in [9.17, 15) is 0 Å². The summed E-state index contributed by atoms with van der Waals surface area (Å²) in [5.74, 6) is 1.97. The van der Waals surface area contributed by atoms with Crippen molar-refractivity contribution in [1.29, 1.82) is 0 Å². The zero-order valence-electron chi connectivity index (χ0n) is 13.9. The van der Waals surface area contributed by atoms with E-state index >= 15 is 0 Å².